The van der Waals surface area contributed by atoms with E-state index in [1.165, 1.54) is 6.07 Å². The number of aromatic carboxylic acids is 1. The van der Waals surface area contributed by atoms with Gasteiger partial charge in [0.25, 0.3) is 0 Å². The molecule has 0 unspecified atom stereocenters. The Kier molecular flexibility index (Phi) is 4.37. The Morgan fingerprint density at radius 1 is 1.30 bits per heavy atom. The Bertz CT molecular complexity index is 633. The van der Waals surface area contributed by atoms with Crippen molar-refractivity contribution in [1.29, 1.82) is 0 Å². The lowest BCUT2D eigenvalue weighted by Crippen LogP contribution is -2.24. The summed E-state index contributed by atoms with van der Waals surface area (Å²) in [5, 5.41) is 15.3. The van der Waals surface area contributed by atoms with Crippen LogP contribution in [0.2, 0.25) is 0 Å². The maximum atomic E-state index is 11.0. The number of fused-ring (bicyclic) bond motifs is 1. The second-order valence-electron chi connectivity index (χ2n) is 4.39. The highest BCUT2D eigenvalue weighted by Crippen LogP contribution is 2.20. The minimum absolute atomic E-state index is 0.00566. The average molecular weight is 276 g/mol. The standard InChI is InChI=1S/C14H16N2O4/c1-15-13(17)4-5-16-8-9-2-3-11-10(6-9)7-12(20-11)14(18)19/h2-3,6-7,16H,4-5,8H2,1H3,(H,15,17)(H,18,19). The molecule has 0 spiro atoms. The molecule has 2 aromatic rings. The first-order valence-electron chi connectivity index (χ1n) is 6.27. The van der Waals surface area contributed by atoms with E-state index in [2.05, 4.69) is 10.6 Å². The van der Waals surface area contributed by atoms with Crippen molar-refractivity contribution in [2.75, 3.05) is 13.6 Å². The molecular weight excluding hydrogens is 260 g/mol. The number of carboxylic acids is 1. The van der Waals surface area contributed by atoms with Gasteiger partial charge in [0.2, 0.25) is 11.7 Å². The number of carbonyl (C=O) groups excluding carboxylic acids is 1. The van der Waals surface area contributed by atoms with Crippen LogP contribution in [0, 0.1) is 0 Å². The predicted molar refractivity (Wildman–Crippen MR) is 73.6 cm³/mol. The summed E-state index contributed by atoms with van der Waals surface area (Å²) in [5.41, 5.74) is 1.56. The van der Waals surface area contributed by atoms with E-state index in [0.29, 0.717) is 25.1 Å². The number of rotatable bonds is 6. The van der Waals surface area contributed by atoms with Crippen molar-refractivity contribution in [2.24, 2.45) is 0 Å². The summed E-state index contributed by atoms with van der Waals surface area (Å²) in [7, 11) is 1.61. The molecule has 0 radical (unpaired) electrons. The lowest BCUT2D eigenvalue weighted by atomic mass is 10.1. The number of amides is 1. The van der Waals surface area contributed by atoms with Gasteiger partial charge in [-0.05, 0) is 23.8 Å². The highest BCUT2D eigenvalue weighted by Gasteiger charge is 2.10. The average Bonchev–Trinajstić information content (AvgIpc) is 2.86. The van der Waals surface area contributed by atoms with Crippen LogP contribution in [0.25, 0.3) is 11.0 Å². The minimum atomic E-state index is -1.08. The first-order chi connectivity index (χ1) is 9.60. The van der Waals surface area contributed by atoms with Gasteiger partial charge in [0, 0.05) is 31.9 Å². The van der Waals surface area contributed by atoms with Crippen LogP contribution < -0.4 is 10.6 Å². The highest BCUT2D eigenvalue weighted by atomic mass is 16.4. The predicted octanol–water partition coefficient (Wildman–Crippen LogP) is 1.36. The third-order valence-electron chi connectivity index (χ3n) is 2.93. The number of nitrogens with one attached hydrogen (secondary N) is 2. The number of carbonyl (C=O) groups is 2. The molecule has 0 aliphatic carbocycles. The molecule has 0 atom stereocenters. The Labute approximate surface area is 115 Å². The summed E-state index contributed by atoms with van der Waals surface area (Å²) in [5.74, 6) is -1.15. The van der Waals surface area contributed by atoms with Gasteiger partial charge in [-0.2, -0.15) is 0 Å². The summed E-state index contributed by atoms with van der Waals surface area (Å²) in [6.07, 6.45) is 0.424. The van der Waals surface area contributed by atoms with Crippen LogP contribution in [0.3, 0.4) is 0 Å². The van der Waals surface area contributed by atoms with E-state index in [0.717, 1.165) is 10.9 Å². The van der Waals surface area contributed by atoms with E-state index >= 15 is 0 Å². The Balaban J connectivity index is 1.97. The van der Waals surface area contributed by atoms with Crippen LogP contribution >= 0.6 is 0 Å². The molecule has 1 aromatic carbocycles. The fraction of sp³-hybridized carbons (Fsp3) is 0.286. The van der Waals surface area contributed by atoms with Crippen LogP contribution in [-0.4, -0.2) is 30.6 Å². The van der Waals surface area contributed by atoms with Crippen LogP contribution in [0.15, 0.2) is 28.7 Å². The van der Waals surface area contributed by atoms with Crippen molar-refractivity contribution in [1.82, 2.24) is 10.6 Å². The van der Waals surface area contributed by atoms with Gasteiger partial charge in [-0.25, -0.2) is 4.79 Å². The summed E-state index contributed by atoms with van der Waals surface area (Å²) in [6, 6.07) is 6.99. The maximum Gasteiger partial charge on any atom is 0.371 e. The Morgan fingerprint density at radius 3 is 2.80 bits per heavy atom. The van der Waals surface area contributed by atoms with E-state index in [1.54, 1.807) is 13.1 Å². The van der Waals surface area contributed by atoms with Crippen LogP contribution in [0.1, 0.15) is 22.5 Å². The molecule has 6 heteroatoms. The number of furan rings is 1. The van der Waals surface area contributed by atoms with Gasteiger partial charge in [-0.15, -0.1) is 0 Å². The van der Waals surface area contributed by atoms with Gasteiger partial charge < -0.3 is 20.2 Å². The summed E-state index contributed by atoms with van der Waals surface area (Å²) in [4.78, 5) is 21.9. The first kappa shape index (κ1) is 14.1. The molecule has 0 aliphatic heterocycles. The van der Waals surface area contributed by atoms with Gasteiger partial charge in [-0.3, -0.25) is 4.79 Å². The van der Waals surface area contributed by atoms with Crippen LogP contribution in [-0.2, 0) is 11.3 Å². The molecule has 0 saturated carbocycles. The first-order valence-corrected chi connectivity index (χ1v) is 6.27. The molecule has 6 nitrogen and oxygen atoms in total. The lowest BCUT2D eigenvalue weighted by Gasteiger charge is -2.04. The maximum absolute atomic E-state index is 11.0. The van der Waals surface area contributed by atoms with E-state index in [9.17, 15) is 9.59 Å². The van der Waals surface area contributed by atoms with Crippen molar-refractivity contribution in [3.63, 3.8) is 0 Å². The Morgan fingerprint density at radius 2 is 2.10 bits per heavy atom. The van der Waals surface area contributed by atoms with E-state index in [-0.39, 0.29) is 11.7 Å². The third-order valence-corrected chi connectivity index (χ3v) is 2.93. The van der Waals surface area contributed by atoms with Gasteiger partial charge in [0.1, 0.15) is 5.58 Å². The van der Waals surface area contributed by atoms with Gasteiger partial charge in [-0.1, -0.05) is 6.07 Å². The van der Waals surface area contributed by atoms with E-state index in [1.807, 2.05) is 12.1 Å². The largest absolute Gasteiger partial charge is 0.475 e. The SMILES string of the molecule is CNC(=O)CCNCc1ccc2oc(C(=O)O)cc2c1. The molecule has 2 rings (SSSR count). The third kappa shape index (κ3) is 3.36. The zero-order chi connectivity index (χ0) is 14.5. The lowest BCUT2D eigenvalue weighted by molar-refractivity contribution is -0.120. The quantitative estimate of drug-likeness (QED) is 0.693. The fourth-order valence-corrected chi connectivity index (χ4v) is 1.87. The highest BCUT2D eigenvalue weighted by molar-refractivity contribution is 5.91. The second kappa shape index (κ2) is 6.21. The van der Waals surface area contributed by atoms with Crippen molar-refractivity contribution in [3.05, 3.63) is 35.6 Å². The monoisotopic (exact) mass is 276 g/mol. The molecule has 1 amide bonds. The molecule has 0 fully saturated rings. The smallest absolute Gasteiger partial charge is 0.371 e. The molecule has 1 heterocycles. The zero-order valence-electron chi connectivity index (χ0n) is 11.1. The van der Waals surface area contributed by atoms with E-state index in [4.69, 9.17) is 9.52 Å². The summed E-state index contributed by atoms with van der Waals surface area (Å²) >= 11 is 0. The van der Waals surface area contributed by atoms with Crippen molar-refractivity contribution in [2.45, 2.75) is 13.0 Å². The second-order valence-corrected chi connectivity index (χ2v) is 4.39. The fourth-order valence-electron chi connectivity index (χ4n) is 1.87. The number of carboxylic acid groups (broad SMARTS) is 1. The number of hydrogen-bond acceptors (Lipinski definition) is 4. The zero-order valence-corrected chi connectivity index (χ0v) is 11.1. The molecular formula is C14H16N2O4. The summed E-state index contributed by atoms with van der Waals surface area (Å²) in [6.45, 7) is 1.20. The van der Waals surface area contributed by atoms with Crippen LogP contribution in [0.5, 0.6) is 0 Å². The minimum Gasteiger partial charge on any atom is -0.475 e. The molecule has 3 N–H and O–H groups in total. The molecule has 1 aromatic heterocycles. The van der Waals surface area contributed by atoms with E-state index < -0.39 is 5.97 Å². The Hall–Kier alpha value is -2.34. The van der Waals surface area contributed by atoms with Gasteiger partial charge in [0.05, 0.1) is 0 Å². The van der Waals surface area contributed by atoms with Crippen molar-refractivity contribution in [3.8, 4) is 0 Å². The van der Waals surface area contributed by atoms with Crippen molar-refractivity contribution >= 4 is 22.8 Å². The molecule has 0 aliphatic rings. The number of benzene rings is 1. The van der Waals surface area contributed by atoms with Gasteiger partial charge >= 0.3 is 5.97 Å². The molecule has 106 valence electrons. The number of hydrogen-bond donors (Lipinski definition) is 3. The summed E-state index contributed by atoms with van der Waals surface area (Å²) < 4.78 is 5.18. The van der Waals surface area contributed by atoms with Gasteiger partial charge in [0.15, 0.2) is 0 Å². The normalized spacial score (nSPS) is 10.7. The molecule has 0 bridgehead atoms. The van der Waals surface area contributed by atoms with Crippen LogP contribution in [0.4, 0.5) is 0 Å². The molecule has 20 heavy (non-hydrogen) atoms. The molecule has 0 saturated heterocycles. The van der Waals surface area contributed by atoms with Crippen molar-refractivity contribution < 1.29 is 19.1 Å². The topological polar surface area (TPSA) is 91.6 Å².